The largest absolute Gasteiger partial charge is 0.346 e. The van der Waals surface area contributed by atoms with Crippen LogP contribution in [0.15, 0.2) is 36.5 Å². The standard InChI is InChI=1S/C15H20N4S/c1-4-19-14(9-10-16-19)11-18(3)15(20)17-13-7-5-12(2)6-8-13/h5-10H,4,11H2,1-3H3,(H,17,20). The molecule has 0 aliphatic carbocycles. The van der Waals surface area contributed by atoms with Gasteiger partial charge >= 0.3 is 0 Å². The Balaban J connectivity index is 1.97. The minimum atomic E-state index is 0.706. The van der Waals surface area contributed by atoms with Gasteiger partial charge in [-0.05, 0) is 44.3 Å². The number of thiocarbonyl (C=S) groups is 1. The van der Waals surface area contributed by atoms with Crippen LogP contribution >= 0.6 is 12.2 Å². The summed E-state index contributed by atoms with van der Waals surface area (Å²) < 4.78 is 1.98. The highest BCUT2D eigenvalue weighted by Gasteiger charge is 2.08. The maximum atomic E-state index is 5.43. The molecule has 0 aliphatic rings. The van der Waals surface area contributed by atoms with Crippen molar-refractivity contribution < 1.29 is 0 Å². The lowest BCUT2D eigenvalue weighted by Gasteiger charge is -2.21. The number of nitrogens with one attached hydrogen (secondary N) is 1. The number of aryl methyl sites for hydroxylation is 2. The molecule has 0 atom stereocenters. The lowest BCUT2D eigenvalue weighted by Crippen LogP contribution is -2.31. The molecule has 0 spiro atoms. The number of hydrogen-bond donors (Lipinski definition) is 1. The van der Waals surface area contributed by atoms with Gasteiger partial charge in [-0.1, -0.05) is 17.7 Å². The quantitative estimate of drug-likeness (QED) is 0.877. The monoisotopic (exact) mass is 288 g/mol. The Kier molecular flexibility index (Phi) is 4.74. The van der Waals surface area contributed by atoms with Crippen LogP contribution in [0.2, 0.25) is 0 Å². The Bertz CT molecular complexity index is 574. The maximum Gasteiger partial charge on any atom is 0.173 e. The van der Waals surface area contributed by atoms with Crippen molar-refractivity contribution in [2.75, 3.05) is 12.4 Å². The molecule has 0 bridgehead atoms. The molecule has 20 heavy (non-hydrogen) atoms. The Hall–Kier alpha value is -1.88. The van der Waals surface area contributed by atoms with Gasteiger partial charge in [0.1, 0.15) is 0 Å². The van der Waals surface area contributed by atoms with Crippen molar-refractivity contribution in [1.29, 1.82) is 0 Å². The van der Waals surface area contributed by atoms with E-state index in [1.54, 1.807) is 0 Å². The van der Waals surface area contributed by atoms with Gasteiger partial charge in [0, 0.05) is 25.5 Å². The molecule has 1 aromatic carbocycles. The minimum absolute atomic E-state index is 0.706. The Morgan fingerprint density at radius 1 is 1.30 bits per heavy atom. The summed E-state index contributed by atoms with van der Waals surface area (Å²) in [5.74, 6) is 0. The van der Waals surface area contributed by atoms with E-state index in [9.17, 15) is 0 Å². The zero-order valence-corrected chi connectivity index (χ0v) is 12.9. The zero-order chi connectivity index (χ0) is 14.5. The van der Waals surface area contributed by atoms with E-state index in [4.69, 9.17) is 12.2 Å². The second-order valence-corrected chi connectivity index (χ2v) is 5.18. The zero-order valence-electron chi connectivity index (χ0n) is 12.1. The molecule has 2 rings (SSSR count). The van der Waals surface area contributed by atoms with Gasteiger partial charge in [0.2, 0.25) is 0 Å². The van der Waals surface area contributed by atoms with Crippen molar-refractivity contribution in [3.05, 3.63) is 47.8 Å². The first-order valence-electron chi connectivity index (χ1n) is 6.69. The molecular weight excluding hydrogens is 268 g/mol. The van der Waals surface area contributed by atoms with Crippen molar-refractivity contribution in [2.45, 2.75) is 26.9 Å². The van der Waals surface area contributed by atoms with E-state index in [0.717, 1.165) is 24.5 Å². The van der Waals surface area contributed by atoms with Crippen LogP contribution in [0.1, 0.15) is 18.2 Å². The third-order valence-corrected chi connectivity index (χ3v) is 3.57. The van der Waals surface area contributed by atoms with Crippen LogP contribution < -0.4 is 5.32 Å². The van der Waals surface area contributed by atoms with Crippen molar-refractivity contribution in [2.24, 2.45) is 0 Å². The van der Waals surface area contributed by atoms with Crippen LogP contribution in [0.3, 0.4) is 0 Å². The Morgan fingerprint density at radius 3 is 2.65 bits per heavy atom. The van der Waals surface area contributed by atoms with Gasteiger partial charge in [0.15, 0.2) is 5.11 Å². The van der Waals surface area contributed by atoms with Gasteiger partial charge in [-0.3, -0.25) is 4.68 Å². The molecule has 2 aromatic rings. The van der Waals surface area contributed by atoms with E-state index in [-0.39, 0.29) is 0 Å². The minimum Gasteiger partial charge on any atom is -0.346 e. The highest BCUT2D eigenvalue weighted by atomic mass is 32.1. The summed E-state index contributed by atoms with van der Waals surface area (Å²) in [5.41, 5.74) is 3.40. The summed E-state index contributed by atoms with van der Waals surface area (Å²) in [6.07, 6.45) is 1.82. The first-order chi connectivity index (χ1) is 9.60. The molecular formula is C15H20N4S. The van der Waals surface area contributed by atoms with Crippen LogP contribution in [-0.4, -0.2) is 26.8 Å². The van der Waals surface area contributed by atoms with E-state index >= 15 is 0 Å². The number of anilines is 1. The number of aromatic nitrogens is 2. The fourth-order valence-electron chi connectivity index (χ4n) is 1.95. The molecule has 0 radical (unpaired) electrons. The molecule has 0 fully saturated rings. The van der Waals surface area contributed by atoms with E-state index in [0.29, 0.717) is 5.11 Å². The van der Waals surface area contributed by atoms with Gasteiger partial charge in [0.05, 0.1) is 12.2 Å². The SMILES string of the molecule is CCn1nccc1CN(C)C(=S)Nc1ccc(C)cc1. The van der Waals surface area contributed by atoms with E-state index < -0.39 is 0 Å². The van der Waals surface area contributed by atoms with Crippen LogP contribution in [0.5, 0.6) is 0 Å². The highest BCUT2D eigenvalue weighted by molar-refractivity contribution is 7.80. The number of nitrogens with zero attached hydrogens (tertiary/aromatic N) is 3. The molecule has 1 N–H and O–H groups in total. The van der Waals surface area contributed by atoms with Crippen LogP contribution in [0.4, 0.5) is 5.69 Å². The fraction of sp³-hybridized carbons (Fsp3) is 0.333. The maximum absolute atomic E-state index is 5.43. The average Bonchev–Trinajstić information content (AvgIpc) is 2.88. The number of hydrogen-bond acceptors (Lipinski definition) is 2. The van der Waals surface area contributed by atoms with Gasteiger partial charge in [0.25, 0.3) is 0 Å². The molecule has 106 valence electrons. The Morgan fingerprint density at radius 2 is 2.00 bits per heavy atom. The predicted molar refractivity (Wildman–Crippen MR) is 86.8 cm³/mol. The molecule has 0 aliphatic heterocycles. The average molecular weight is 288 g/mol. The second-order valence-electron chi connectivity index (χ2n) is 4.79. The number of benzene rings is 1. The van der Waals surface area contributed by atoms with Gasteiger partial charge in [-0.15, -0.1) is 0 Å². The molecule has 0 saturated heterocycles. The summed E-state index contributed by atoms with van der Waals surface area (Å²) in [4.78, 5) is 2.01. The lowest BCUT2D eigenvalue weighted by molar-refractivity contribution is 0.471. The normalized spacial score (nSPS) is 10.3. The predicted octanol–water partition coefficient (Wildman–Crippen LogP) is 3.04. The summed E-state index contributed by atoms with van der Waals surface area (Å²) in [6.45, 7) is 5.76. The summed E-state index contributed by atoms with van der Waals surface area (Å²) in [7, 11) is 1.98. The highest BCUT2D eigenvalue weighted by Crippen LogP contribution is 2.10. The fourth-order valence-corrected chi connectivity index (χ4v) is 2.13. The van der Waals surface area contributed by atoms with Gasteiger partial charge < -0.3 is 10.2 Å². The molecule has 1 heterocycles. The summed E-state index contributed by atoms with van der Waals surface area (Å²) in [5, 5.41) is 8.22. The van der Waals surface area contributed by atoms with E-state index in [1.165, 1.54) is 5.56 Å². The van der Waals surface area contributed by atoms with E-state index in [1.807, 2.05) is 41.0 Å². The second kappa shape index (κ2) is 6.52. The van der Waals surface area contributed by atoms with Crippen LogP contribution in [0.25, 0.3) is 0 Å². The van der Waals surface area contributed by atoms with Gasteiger partial charge in [-0.2, -0.15) is 5.10 Å². The molecule has 1 aromatic heterocycles. The van der Waals surface area contributed by atoms with Crippen LogP contribution in [-0.2, 0) is 13.1 Å². The van der Waals surface area contributed by atoms with Crippen LogP contribution in [0, 0.1) is 6.92 Å². The van der Waals surface area contributed by atoms with Crippen molar-refractivity contribution in [1.82, 2.24) is 14.7 Å². The first-order valence-corrected chi connectivity index (χ1v) is 7.10. The van der Waals surface area contributed by atoms with Crippen molar-refractivity contribution in [3.63, 3.8) is 0 Å². The smallest absolute Gasteiger partial charge is 0.173 e. The molecule has 0 unspecified atom stereocenters. The topological polar surface area (TPSA) is 33.1 Å². The Labute approximate surface area is 125 Å². The lowest BCUT2D eigenvalue weighted by atomic mass is 10.2. The third-order valence-electron chi connectivity index (χ3n) is 3.15. The molecule has 0 saturated carbocycles. The first kappa shape index (κ1) is 14.5. The molecule has 4 nitrogen and oxygen atoms in total. The summed E-state index contributed by atoms with van der Waals surface area (Å²) >= 11 is 5.43. The van der Waals surface area contributed by atoms with Crippen molar-refractivity contribution in [3.8, 4) is 0 Å². The van der Waals surface area contributed by atoms with Gasteiger partial charge in [-0.25, -0.2) is 0 Å². The summed E-state index contributed by atoms with van der Waals surface area (Å²) in [6, 6.07) is 10.2. The molecule has 0 amide bonds. The van der Waals surface area contributed by atoms with E-state index in [2.05, 4.69) is 36.4 Å². The number of rotatable bonds is 4. The van der Waals surface area contributed by atoms with Crippen molar-refractivity contribution >= 4 is 23.0 Å². The molecule has 5 heteroatoms. The third kappa shape index (κ3) is 3.57.